The Kier molecular flexibility index (Phi) is 5.31. The second kappa shape index (κ2) is 6.51. The lowest BCUT2D eigenvalue weighted by molar-refractivity contribution is 0.0937. The molecule has 0 fully saturated rings. The molecule has 0 bridgehead atoms. The highest BCUT2D eigenvalue weighted by atomic mass is 32.2. The van der Waals surface area contributed by atoms with E-state index >= 15 is 0 Å². The Morgan fingerprint density at radius 3 is 2.71 bits per heavy atom. The standard InChI is InChI=1S/C12H18N2O2S/c1-8(11(7-15)17-2)14-12(16)9-5-3-4-6-10(9)13/h3-6,8,11,15H,7,13H2,1-2H3,(H,14,16). The Labute approximate surface area is 106 Å². The topological polar surface area (TPSA) is 75.3 Å². The van der Waals surface area contributed by atoms with Crippen molar-refractivity contribution >= 4 is 23.4 Å². The van der Waals surface area contributed by atoms with Crippen molar-refractivity contribution in [3.8, 4) is 0 Å². The normalized spacial score (nSPS) is 14.1. The number of nitrogen functional groups attached to an aromatic ring is 1. The van der Waals surface area contributed by atoms with Crippen LogP contribution in [-0.2, 0) is 0 Å². The van der Waals surface area contributed by atoms with Crippen LogP contribution in [0.1, 0.15) is 17.3 Å². The molecule has 0 radical (unpaired) electrons. The van der Waals surface area contributed by atoms with Crippen molar-refractivity contribution < 1.29 is 9.90 Å². The van der Waals surface area contributed by atoms with E-state index in [1.54, 1.807) is 24.3 Å². The zero-order valence-corrected chi connectivity index (χ0v) is 10.8. The number of carbonyl (C=O) groups is 1. The summed E-state index contributed by atoms with van der Waals surface area (Å²) in [4.78, 5) is 11.9. The molecule has 2 atom stereocenters. The van der Waals surface area contributed by atoms with Crippen molar-refractivity contribution in [2.24, 2.45) is 0 Å². The van der Waals surface area contributed by atoms with Gasteiger partial charge in [-0.05, 0) is 25.3 Å². The van der Waals surface area contributed by atoms with E-state index in [-0.39, 0.29) is 23.8 Å². The predicted molar refractivity (Wildman–Crippen MR) is 72.2 cm³/mol. The Balaban J connectivity index is 2.70. The summed E-state index contributed by atoms with van der Waals surface area (Å²) in [6, 6.07) is 6.83. The first-order valence-corrected chi connectivity index (χ1v) is 6.68. The number of anilines is 1. The summed E-state index contributed by atoms with van der Waals surface area (Å²) in [6.45, 7) is 1.90. The first-order valence-electron chi connectivity index (χ1n) is 5.39. The summed E-state index contributed by atoms with van der Waals surface area (Å²) in [5.74, 6) is -0.205. The quantitative estimate of drug-likeness (QED) is 0.688. The van der Waals surface area contributed by atoms with Gasteiger partial charge in [-0.1, -0.05) is 12.1 Å². The SMILES string of the molecule is CSC(CO)C(C)NC(=O)c1ccccc1N. The van der Waals surface area contributed by atoms with Crippen LogP contribution in [0, 0.1) is 0 Å². The molecule has 4 N–H and O–H groups in total. The van der Waals surface area contributed by atoms with Crippen LogP contribution in [0.15, 0.2) is 24.3 Å². The molecule has 0 heterocycles. The number of aliphatic hydroxyl groups excluding tert-OH is 1. The molecule has 1 aromatic rings. The average Bonchev–Trinajstić information content (AvgIpc) is 2.31. The molecule has 1 aromatic carbocycles. The summed E-state index contributed by atoms with van der Waals surface area (Å²) < 4.78 is 0. The summed E-state index contributed by atoms with van der Waals surface area (Å²) in [5.41, 5.74) is 6.65. The van der Waals surface area contributed by atoms with Crippen LogP contribution in [0.4, 0.5) is 5.69 Å². The predicted octanol–water partition coefficient (Wildman–Crippen LogP) is 1.11. The summed E-state index contributed by atoms with van der Waals surface area (Å²) in [5, 5.41) is 12.0. The number of rotatable bonds is 5. The summed E-state index contributed by atoms with van der Waals surface area (Å²) in [6.07, 6.45) is 1.90. The van der Waals surface area contributed by atoms with E-state index in [2.05, 4.69) is 5.32 Å². The lowest BCUT2D eigenvalue weighted by atomic mass is 10.1. The van der Waals surface area contributed by atoms with Crippen molar-refractivity contribution in [1.82, 2.24) is 5.32 Å². The van der Waals surface area contributed by atoms with Gasteiger partial charge in [0.05, 0.1) is 12.2 Å². The van der Waals surface area contributed by atoms with E-state index < -0.39 is 0 Å². The fourth-order valence-electron chi connectivity index (χ4n) is 1.52. The Morgan fingerprint density at radius 2 is 2.18 bits per heavy atom. The van der Waals surface area contributed by atoms with Gasteiger partial charge in [-0.2, -0.15) is 11.8 Å². The van der Waals surface area contributed by atoms with Crippen molar-refractivity contribution in [2.45, 2.75) is 18.2 Å². The smallest absolute Gasteiger partial charge is 0.253 e. The van der Waals surface area contributed by atoms with E-state index in [0.29, 0.717) is 11.3 Å². The van der Waals surface area contributed by atoms with Crippen LogP contribution in [0.2, 0.25) is 0 Å². The van der Waals surface area contributed by atoms with Crippen LogP contribution in [-0.4, -0.2) is 35.2 Å². The van der Waals surface area contributed by atoms with Crippen LogP contribution >= 0.6 is 11.8 Å². The van der Waals surface area contributed by atoms with Crippen molar-refractivity contribution in [2.75, 3.05) is 18.6 Å². The number of amides is 1. The largest absolute Gasteiger partial charge is 0.398 e. The fraction of sp³-hybridized carbons (Fsp3) is 0.417. The van der Waals surface area contributed by atoms with Crippen LogP contribution in [0.3, 0.4) is 0 Å². The molecular formula is C12H18N2O2S. The van der Waals surface area contributed by atoms with E-state index in [9.17, 15) is 4.79 Å². The minimum absolute atomic E-state index is 0.0103. The molecule has 0 aliphatic heterocycles. The van der Waals surface area contributed by atoms with Gasteiger partial charge in [0, 0.05) is 17.0 Å². The van der Waals surface area contributed by atoms with Crippen LogP contribution < -0.4 is 11.1 Å². The number of hydrogen-bond acceptors (Lipinski definition) is 4. The van der Waals surface area contributed by atoms with Gasteiger partial charge >= 0.3 is 0 Å². The molecule has 2 unspecified atom stereocenters. The van der Waals surface area contributed by atoms with Gasteiger partial charge in [-0.3, -0.25) is 4.79 Å². The number of para-hydroxylation sites is 1. The van der Waals surface area contributed by atoms with Gasteiger partial charge in [0.25, 0.3) is 5.91 Å². The summed E-state index contributed by atoms with van der Waals surface area (Å²) >= 11 is 1.52. The monoisotopic (exact) mass is 254 g/mol. The molecule has 1 amide bonds. The minimum Gasteiger partial charge on any atom is -0.398 e. The van der Waals surface area contributed by atoms with Gasteiger partial charge in [0.1, 0.15) is 0 Å². The highest BCUT2D eigenvalue weighted by Crippen LogP contribution is 2.13. The van der Waals surface area contributed by atoms with Crippen LogP contribution in [0.25, 0.3) is 0 Å². The molecule has 0 aliphatic rings. The maximum absolute atomic E-state index is 11.9. The molecule has 0 saturated carbocycles. The summed E-state index contributed by atoms with van der Waals surface area (Å²) in [7, 11) is 0. The molecule has 0 aromatic heterocycles. The van der Waals surface area contributed by atoms with E-state index in [0.717, 1.165) is 0 Å². The zero-order valence-electron chi connectivity index (χ0n) is 10.0. The van der Waals surface area contributed by atoms with Gasteiger partial charge < -0.3 is 16.2 Å². The molecule has 17 heavy (non-hydrogen) atoms. The molecule has 0 saturated heterocycles. The maximum atomic E-state index is 11.9. The van der Waals surface area contributed by atoms with Gasteiger partial charge in [-0.25, -0.2) is 0 Å². The third kappa shape index (κ3) is 3.64. The third-order valence-corrected chi connectivity index (χ3v) is 3.77. The lowest BCUT2D eigenvalue weighted by Crippen LogP contribution is -2.41. The molecule has 4 nitrogen and oxygen atoms in total. The number of benzene rings is 1. The molecule has 1 rings (SSSR count). The average molecular weight is 254 g/mol. The number of thioether (sulfide) groups is 1. The van der Waals surface area contributed by atoms with Gasteiger partial charge in [0.2, 0.25) is 0 Å². The highest BCUT2D eigenvalue weighted by Gasteiger charge is 2.18. The van der Waals surface area contributed by atoms with Crippen molar-refractivity contribution in [3.05, 3.63) is 29.8 Å². The fourth-order valence-corrected chi connectivity index (χ4v) is 2.14. The van der Waals surface area contributed by atoms with Crippen molar-refractivity contribution in [1.29, 1.82) is 0 Å². The van der Waals surface area contributed by atoms with E-state index in [4.69, 9.17) is 10.8 Å². The van der Waals surface area contributed by atoms with E-state index in [1.807, 2.05) is 13.2 Å². The van der Waals surface area contributed by atoms with E-state index in [1.165, 1.54) is 11.8 Å². The minimum atomic E-state index is -0.205. The second-order valence-electron chi connectivity index (χ2n) is 3.81. The second-order valence-corrected chi connectivity index (χ2v) is 4.88. The first-order chi connectivity index (χ1) is 8.10. The Bertz CT molecular complexity index is 381. The number of nitrogens with two attached hydrogens (primary N) is 1. The Hall–Kier alpha value is -1.20. The maximum Gasteiger partial charge on any atom is 0.253 e. The lowest BCUT2D eigenvalue weighted by Gasteiger charge is -2.21. The zero-order chi connectivity index (χ0) is 12.8. The number of hydrogen-bond donors (Lipinski definition) is 3. The molecule has 94 valence electrons. The number of carbonyl (C=O) groups excluding carboxylic acids is 1. The first kappa shape index (κ1) is 13.9. The van der Waals surface area contributed by atoms with Gasteiger partial charge in [-0.15, -0.1) is 0 Å². The number of nitrogens with one attached hydrogen (secondary N) is 1. The molecule has 0 aliphatic carbocycles. The Morgan fingerprint density at radius 1 is 1.53 bits per heavy atom. The molecular weight excluding hydrogens is 236 g/mol. The molecule has 0 spiro atoms. The molecule has 5 heteroatoms. The third-order valence-electron chi connectivity index (χ3n) is 2.60. The van der Waals surface area contributed by atoms with Crippen molar-refractivity contribution in [3.63, 3.8) is 0 Å². The number of aliphatic hydroxyl groups is 1. The van der Waals surface area contributed by atoms with Gasteiger partial charge in [0.15, 0.2) is 0 Å². The highest BCUT2D eigenvalue weighted by molar-refractivity contribution is 7.99. The van der Waals surface area contributed by atoms with Crippen LogP contribution in [0.5, 0.6) is 0 Å².